The second kappa shape index (κ2) is 11.8. The molecular formula is C22H22ClN3O8. The van der Waals surface area contributed by atoms with Gasteiger partial charge in [0.15, 0.2) is 6.61 Å². The normalized spacial score (nSPS) is 11.3. The first-order valence-electron chi connectivity index (χ1n) is 9.93. The summed E-state index contributed by atoms with van der Waals surface area (Å²) in [6.45, 7) is 2.52. The molecule has 0 bridgehead atoms. The molecule has 2 N–H and O–H groups in total. The van der Waals surface area contributed by atoms with E-state index in [-0.39, 0.29) is 21.8 Å². The lowest BCUT2D eigenvalue weighted by molar-refractivity contribution is -0.384. The lowest BCUT2D eigenvalue weighted by Gasteiger charge is -2.21. The molecule has 2 rings (SSSR count). The number of non-ortho nitro benzene ring substituents is 1. The fourth-order valence-corrected chi connectivity index (χ4v) is 2.98. The zero-order chi connectivity index (χ0) is 25.4. The molecule has 2 aromatic carbocycles. The third-order valence-corrected chi connectivity index (χ3v) is 4.88. The molecule has 1 atom stereocenters. The number of hydrogen-bond acceptors (Lipinski definition) is 8. The average Bonchev–Trinajstić information content (AvgIpc) is 2.80. The number of carbonyl (C=O) groups is 4. The second-order valence-corrected chi connectivity index (χ2v) is 7.74. The Morgan fingerprint density at radius 1 is 1.06 bits per heavy atom. The number of imide groups is 1. The summed E-state index contributed by atoms with van der Waals surface area (Å²) < 4.78 is 9.95. The summed E-state index contributed by atoms with van der Waals surface area (Å²) in [7, 11) is 1.47. The maximum Gasteiger partial charge on any atom is 0.329 e. The number of methoxy groups -OCH3 is 1. The number of halogens is 1. The number of ether oxygens (including phenoxy) is 2. The molecule has 0 heterocycles. The number of nitrogens with zero attached hydrogens (tertiary/aromatic N) is 1. The van der Waals surface area contributed by atoms with Gasteiger partial charge in [0.1, 0.15) is 11.8 Å². The molecule has 12 heteroatoms. The number of nitro benzene ring substituents is 1. The first kappa shape index (κ1) is 26.3. The number of nitro groups is 1. The fraction of sp³-hybridized carbons (Fsp3) is 0.273. The van der Waals surface area contributed by atoms with Crippen LogP contribution < -0.4 is 15.4 Å². The molecule has 180 valence electrons. The van der Waals surface area contributed by atoms with Crippen molar-refractivity contribution in [3.8, 4) is 5.75 Å². The highest BCUT2D eigenvalue weighted by Gasteiger charge is 2.28. The van der Waals surface area contributed by atoms with Crippen molar-refractivity contribution in [1.82, 2.24) is 10.6 Å². The van der Waals surface area contributed by atoms with Crippen LogP contribution in [0.3, 0.4) is 0 Å². The minimum Gasteiger partial charge on any atom is -0.497 e. The summed E-state index contributed by atoms with van der Waals surface area (Å²) in [5.41, 5.74) is -0.169. The Morgan fingerprint density at radius 2 is 1.71 bits per heavy atom. The number of rotatable bonds is 9. The van der Waals surface area contributed by atoms with E-state index in [1.54, 1.807) is 26.0 Å². The van der Waals surface area contributed by atoms with E-state index in [0.29, 0.717) is 5.75 Å². The van der Waals surface area contributed by atoms with Crippen LogP contribution in [-0.4, -0.2) is 48.4 Å². The van der Waals surface area contributed by atoms with Crippen LogP contribution in [0.4, 0.5) is 5.69 Å². The van der Waals surface area contributed by atoms with Crippen LogP contribution in [0.1, 0.15) is 34.6 Å². The predicted octanol–water partition coefficient (Wildman–Crippen LogP) is 2.51. The van der Waals surface area contributed by atoms with Crippen molar-refractivity contribution in [3.05, 3.63) is 68.7 Å². The van der Waals surface area contributed by atoms with Crippen molar-refractivity contribution < 1.29 is 33.6 Å². The van der Waals surface area contributed by atoms with E-state index in [1.807, 2.05) is 0 Å². The van der Waals surface area contributed by atoms with Gasteiger partial charge in [0, 0.05) is 17.7 Å². The van der Waals surface area contributed by atoms with E-state index in [4.69, 9.17) is 21.1 Å². The van der Waals surface area contributed by atoms with Gasteiger partial charge in [0.05, 0.1) is 22.6 Å². The molecule has 0 radical (unpaired) electrons. The summed E-state index contributed by atoms with van der Waals surface area (Å²) in [6, 6.07) is 8.15. The van der Waals surface area contributed by atoms with Gasteiger partial charge >= 0.3 is 5.97 Å². The third-order valence-electron chi connectivity index (χ3n) is 4.57. The van der Waals surface area contributed by atoms with Gasteiger partial charge in [-0.1, -0.05) is 25.4 Å². The second-order valence-electron chi connectivity index (χ2n) is 7.33. The quantitative estimate of drug-likeness (QED) is 0.308. The van der Waals surface area contributed by atoms with Crippen molar-refractivity contribution in [3.63, 3.8) is 0 Å². The summed E-state index contributed by atoms with van der Waals surface area (Å²) in [6.07, 6.45) is 0. The monoisotopic (exact) mass is 491 g/mol. The van der Waals surface area contributed by atoms with E-state index >= 15 is 0 Å². The van der Waals surface area contributed by atoms with E-state index < -0.39 is 47.2 Å². The third kappa shape index (κ3) is 7.01. The zero-order valence-electron chi connectivity index (χ0n) is 18.5. The van der Waals surface area contributed by atoms with Gasteiger partial charge in [-0.25, -0.2) is 4.79 Å². The van der Waals surface area contributed by atoms with Crippen LogP contribution >= 0.6 is 11.6 Å². The Labute approximate surface area is 199 Å². The molecule has 3 amide bonds. The van der Waals surface area contributed by atoms with Crippen LogP contribution in [0.2, 0.25) is 5.02 Å². The number of nitrogens with one attached hydrogen (secondary N) is 2. The Hall–Kier alpha value is -3.99. The molecule has 0 saturated carbocycles. The Bertz CT molecular complexity index is 1100. The maximum absolute atomic E-state index is 12.5. The van der Waals surface area contributed by atoms with Crippen LogP contribution in [-0.2, 0) is 14.3 Å². The predicted molar refractivity (Wildman–Crippen MR) is 121 cm³/mol. The highest BCUT2D eigenvalue weighted by Crippen LogP contribution is 2.22. The van der Waals surface area contributed by atoms with E-state index in [0.717, 1.165) is 18.2 Å². The molecule has 0 aliphatic carbocycles. The Morgan fingerprint density at radius 3 is 2.24 bits per heavy atom. The summed E-state index contributed by atoms with van der Waals surface area (Å²) in [5.74, 6) is -3.11. The van der Waals surface area contributed by atoms with Crippen molar-refractivity contribution >= 4 is 41.0 Å². The number of esters is 1. The topological polar surface area (TPSA) is 154 Å². The smallest absolute Gasteiger partial charge is 0.329 e. The van der Waals surface area contributed by atoms with Gasteiger partial charge in [-0.3, -0.25) is 29.8 Å². The lowest BCUT2D eigenvalue weighted by Crippen LogP contribution is -2.46. The van der Waals surface area contributed by atoms with Crippen LogP contribution in [0.25, 0.3) is 0 Å². The largest absolute Gasteiger partial charge is 0.497 e. The molecule has 0 saturated heterocycles. The Balaban J connectivity index is 1.96. The van der Waals surface area contributed by atoms with Gasteiger partial charge in [-0.05, 0) is 36.2 Å². The molecule has 11 nitrogen and oxygen atoms in total. The van der Waals surface area contributed by atoms with Crippen LogP contribution in [0, 0.1) is 16.0 Å². The van der Waals surface area contributed by atoms with Gasteiger partial charge in [0.25, 0.3) is 23.4 Å². The molecule has 0 aliphatic heterocycles. The summed E-state index contributed by atoms with van der Waals surface area (Å²) in [5, 5.41) is 15.2. The molecule has 0 aliphatic rings. The van der Waals surface area contributed by atoms with Crippen molar-refractivity contribution in [1.29, 1.82) is 0 Å². The fourth-order valence-electron chi connectivity index (χ4n) is 2.72. The zero-order valence-corrected chi connectivity index (χ0v) is 19.3. The van der Waals surface area contributed by atoms with Crippen molar-refractivity contribution in [2.24, 2.45) is 5.92 Å². The molecule has 34 heavy (non-hydrogen) atoms. The highest BCUT2D eigenvalue weighted by atomic mass is 35.5. The standard InChI is InChI=1S/C22H22ClN3O8/c1-12(2)19(25-21(29)16-9-6-14(26(31)32)10-17(16)23)22(30)34-11-18(27)24-20(28)13-4-7-15(33-3)8-5-13/h4-10,12,19H,11H2,1-3H3,(H,25,29)(H,24,27,28)/t19-/m0/s1. The van der Waals surface area contributed by atoms with E-state index in [2.05, 4.69) is 10.6 Å². The van der Waals surface area contributed by atoms with E-state index in [9.17, 15) is 29.3 Å². The van der Waals surface area contributed by atoms with Gasteiger partial charge in [-0.2, -0.15) is 0 Å². The molecule has 0 unspecified atom stereocenters. The highest BCUT2D eigenvalue weighted by molar-refractivity contribution is 6.34. The Kier molecular flexibility index (Phi) is 9.08. The lowest BCUT2D eigenvalue weighted by atomic mass is 10.0. The average molecular weight is 492 g/mol. The van der Waals surface area contributed by atoms with Crippen molar-refractivity contribution in [2.45, 2.75) is 19.9 Å². The number of carbonyl (C=O) groups excluding carboxylic acids is 4. The minimum absolute atomic E-state index is 0.0754. The number of amides is 3. The summed E-state index contributed by atoms with van der Waals surface area (Å²) >= 11 is 5.96. The number of hydrogen-bond donors (Lipinski definition) is 2. The van der Waals surface area contributed by atoms with Gasteiger partial charge < -0.3 is 14.8 Å². The van der Waals surface area contributed by atoms with Gasteiger partial charge in [-0.15, -0.1) is 0 Å². The summed E-state index contributed by atoms with van der Waals surface area (Å²) in [4.78, 5) is 59.3. The van der Waals surface area contributed by atoms with Crippen LogP contribution in [0.5, 0.6) is 5.75 Å². The minimum atomic E-state index is -1.15. The molecule has 2 aromatic rings. The molecule has 0 spiro atoms. The number of benzene rings is 2. The SMILES string of the molecule is COc1ccc(C(=O)NC(=O)COC(=O)[C@@H](NC(=O)c2ccc([N+](=O)[O-])cc2Cl)C(C)C)cc1. The molecule has 0 fully saturated rings. The molecule has 0 aromatic heterocycles. The first-order chi connectivity index (χ1) is 16.0. The van der Waals surface area contributed by atoms with E-state index in [1.165, 1.54) is 19.2 Å². The van der Waals surface area contributed by atoms with Crippen LogP contribution in [0.15, 0.2) is 42.5 Å². The van der Waals surface area contributed by atoms with Crippen molar-refractivity contribution in [2.75, 3.05) is 13.7 Å². The van der Waals surface area contributed by atoms with Gasteiger partial charge in [0.2, 0.25) is 0 Å². The maximum atomic E-state index is 12.5. The first-order valence-corrected chi connectivity index (χ1v) is 10.3. The molecular weight excluding hydrogens is 470 g/mol.